The van der Waals surface area contributed by atoms with Crippen molar-refractivity contribution in [2.24, 2.45) is 5.92 Å². The van der Waals surface area contributed by atoms with E-state index in [2.05, 4.69) is 15.6 Å². The Hall–Kier alpha value is -4.83. The van der Waals surface area contributed by atoms with E-state index in [0.717, 1.165) is 5.56 Å². The number of nitro benzene ring substituents is 1. The normalized spacial score (nSPS) is 22.6. The van der Waals surface area contributed by atoms with Crippen LogP contribution in [0.5, 0.6) is 0 Å². The number of aliphatic hydroxyl groups is 2. The number of carbonyl (C=O) groups excluding carboxylic acids is 2. The largest absolute Gasteiger partial charge is 0.395 e. The fourth-order valence-electron chi connectivity index (χ4n) is 7.65. The maximum atomic E-state index is 16.4. The summed E-state index contributed by atoms with van der Waals surface area (Å²) in [5.41, 5.74) is 0.718. The zero-order valence-electron chi connectivity index (χ0n) is 28.8. The van der Waals surface area contributed by atoms with Crippen molar-refractivity contribution in [2.45, 2.75) is 75.7 Å². The molecule has 0 aliphatic carbocycles. The van der Waals surface area contributed by atoms with Gasteiger partial charge in [-0.1, -0.05) is 54.6 Å². The highest BCUT2D eigenvalue weighted by molar-refractivity contribution is 6.72. The van der Waals surface area contributed by atoms with E-state index >= 15 is 4.11 Å². The molecule has 268 valence electrons. The van der Waals surface area contributed by atoms with Crippen LogP contribution < -0.4 is 10.2 Å². The number of ether oxygens (including phenoxy) is 1. The molecular weight excluding hydrogens is 676 g/mol. The number of nitrogens with one attached hydrogen (secondary N) is 1. The first kappa shape index (κ1) is 36.0. The Balaban J connectivity index is 1.32. The van der Waals surface area contributed by atoms with Crippen molar-refractivity contribution in [1.29, 1.82) is 0 Å². The molecule has 15 heteroatoms. The molecule has 1 saturated heterocycles. The van der Waals surface area contributed by atoms with E-state index in [9.17, 15) is 29.9 Å². The van der Waals surface area contributed by atoms with Crippen LogP contribution in [0, 0.1) is 16.0 Å². The van der Waals surface area contributed by atoms with Crippen molar-refractivity contribution in [2.75, 3.05) is 16.8 Å². The van der Waals surface area contributed by atoms with Crippen LogP contribution in [0.25, 0.3) is 0 Å². The van der Waals surface area contributed by atoms with Gasteiger partial charge in [-0.3, -0.25) is 24.4 Å². The van der Waals surface area contributed by atoms with E-state index in [0.29, 0.717) is 34.7 Å². The van der Waals surface area contributed by atoms with Gasteiger partial charge in [-0.2, -0.15) is 0 Å². The molecule has 6 atom stereocenters. The number of benzene rings is 3. The summed E-state index contributed by atoms with van der Waals surface area (Å²) in [4.78, 5) is 39.8. The second-order valence-electron chi connectivity index (χ2n) is 13.8. The zero-order valence-corrected chi connectivity index (χ0v) is 29.8. The third kappa shape index (κ3) is 6.81. The monoisotopic (exact) mass is 716 g/mol. The van der Waals surface area contributed by atoms with Crippen molar-refractivity contribution in [1.82, 2.24) is 15.0 Å². The van der Waals surface area contributed by atoms with Crippen LogP contribution in [0.3, 0.4) is 0 Å². The SMILES string of the molecule is C[C@H](O)C(=O)Nc1cccc(CN2C(=O)[C@@]3(O[C@@H](CCn4cc(C(CO)c5ccccc5)nn4)[C@H]([Si](C)(C)F)[C@H]3C)c3cc([N+](=O)[O-])ccc32)c1. The molecule has 3 aromatic carbocycles. The van der Waals surface area contributed by atoms with E-state index in [1.807, 2.05) is 30.3 Å². The average molecular weight is 717 g/mol. The van der Waals surface area contributed by atoms with Gasteiger partial charge in [0.2, 0.25) is 8.41 Å². The van der Waals surface area contributed by atoms with Crippen LogP contribution in [0.2, 0.25) is 18.6 Å². The number of aromatic nitrogens is 3. The van der Waals surface area contributed by atoms with Crippen LogP contribution in [-0.2, 0) is 33.0 Å². The molecule has 1 spiro atoms. The lowest BCUT2D eigenvalue weighted by Crippen LogP contribution is -2.45. The molecule has 1 aromatic heterocycles. The molecule has 0 bridgehead atoms. The van der Waals surface area contributed by atoms with E-state index < -0.39 is 54.4 Å². The molecule has 0 radical (unpaired) electrons. The fraction of sp³-hybridized carbons (Fsp3) is 0.389. The Morgan fingerprint density at radius 3 is 2.57 bits per heavy atom. The fourth-order valence-corrected chi connectivity index (χ4v) is 10.2. The molecule has 1 fully saturated rings. The first-order valence-corrected chi connectivity index (χ1v) is 19.8. The standard InChI is InChI=1S/C36H41FN6O7Si/c1-22-33(51(3,4)37)32(15-16-41-20-30(39-40-41)28(21-44)25-10-6-5-7-11-25)50-36(22)29-18-27(43(48)49)13-14-31(29)42(35(36)47)19-24-9-8-12-26(17-24)38-34(46)23(2)45/h5-14,17-18,20,22-23,28,32-33,44-45H,15-16,19,21H2,1-4H3,(H,38,46)/t22-,23+,28?,32+,33-,36+/m1/s1. The summed E-state index contributed by atoms with van der Waals surface area (Å²) in [5.74, 6) is -2.09. The molecule has 3 N–H and O–H groups in total. The third-order valence-electron chi connectivity index (χ3n) is 10.0. The van der Waals surface area contributed by atoms with E-state index in [1.54, 1.807) is 55.2 Å². The number of nitrogens with zero attached hydrogens (tertiary/aromatic N) is 5. The first-order valence-electron chi connectivity index (χ1n) is 16.9. The highest BCUT2D eigenvalue weighted by Crippen LogP contribution is 2.60. The number of carbonyl (C=O) groups is 2. The van der Waals surface area contributed by atoms with Crippen molar-refractivity contribution in [3.05, 3.63) is 111 Å². The lowest BCUT2D eigenvalue weighted by atomic mass is 9.82. The summed E-state index contributed by atoms with van der Waals surface area (Å²) in [6, 6.07) is 20.5. The van der Waals surface area contributed by atoms with Gasteiger partial charge in [-0.25, -0.2) is 0 Å². The van der Waals surface area contributed by atoms with Crippen molar-refractivity contribution in [3.63, 3.8) is 0 Å². The quantitative estimate of drug-likeness (QED) is 0.0786. The van der Waals surface area contributed by atoms with Gasteiger partial charge in [0.1, 0.15) is 6.10 Å². The maximum absolute atomic E-state index is 16.4. The predicted molar refractivity (Wildman–Crippen MR) is 189 cm³/mol. The third-order valence-corrected chi connectivity index (χ3v) is 12.5. The second kappa shape index (κ2) is 14.1. The summed E-state index contributed by atoms with van der Waals surface area (Å²) >= 11 is 0. The van der Waals surface area contributed by atoms with Crippen LogP contribution in [-0.4, -0.2) is 69.2 Å². The van der Waals surface area contributed by atoms with Gasteiger partial charge >= 0.3 is 0 Å². The van der Waals surface area contributed by atoms with Crippen LogP contribution in [0.1, 0.15) is 48.6 Å². The van der Waals surface area contributed by atoms with E-state index in [-0.39, 0.29) is 31.2 Å². The first-order chi connectivity index (χ1) is 24.2. The molecule has 4 aromatic rings. The number of rotatable bonds is 12. The Morgan fingerprint density at radius 1 is 1.16 bits per heavy atom. The lowest BCUT2D eigenvalue weighted by molar-refractivity contribution is -0.385. The number of anilines is 2. The zero-order chi connectivity index (χ0) is 36.7. The van der Waals surface area contributed by atoms with Gasteiger partial charge < -0.3 is 29.3 Å². The molecule has 3 heterocycles. The van der Waals surface area contributed by atoms with Gasteiger partial charge in [0.15, 0.2) is 5.60 Å². The number of non-ortho nitro benzene ring substituents is 1. The van der Waals surface area contributed by atoms with Gasteiger partial charge in [0, 0.05) is 47.6 Å². The smallest absolute Gasteiger partial charge is 0.269 e. The minimum atomic E-state index is -3.53. The molecule has 2 amide bonds. The minimum absolute atomic E-state index is 0.0425. The second-order valence-corrected chi connectivity index (χ2v) is 17.6. The molecular formula is C36H41FN6O7Si. The number of aryl methyl sites for hydroxylation is 1. The molecule has 13 nitrogen and oxygen atoms in total. The van der Waals surface area contributed by atoms with Gasteiger partial charge in [0.25, 0.3) is 17.5 Å². The molecule has 2 aliphatic rings. The molecule has 6 rings (SSSR count). The van der Waals surface area contributed by atoms with Crippen LogP contribution >= 0.6 is 0 Å². The van der Waals surface area contributed by atoms with E-state index in [1.165, 1.54) is 30.0 Å². The highest BCUT2D eigenvalue weighted by atomic mass is 28.4. The number of nitro groups is 1. The molecule has 51 heavy (non-hydrogen) atoms. The Kier molecular flexibility index (Phi) is 9.92. The minimum Gasteiger partial charge on any atom is -0.395 e. The lowest BCUT2D eigenvalue weighted by Gasteiger charge is -2.31. The van der Waals surface area contributed by atoms with Gasteiger partial charge in [0.05, 0.1) is 41.5 Å². The summed E-state index contributed by atoms with van der Waals surface area (Å²) in [6.45, 7) is 6.48. The van der Waals surface area contributed by atoms with Gasteiger partial charge in [-0.15, -0.1) is 5.10 Å². The predicted octanol–water partition coefficient (Wildman–Crippen LogP) is 5.04. The number of amides is 2. The molecule has 0 saturated carbocycles. The van der Waals surface area contributed by atoms with E-state index in [4.69, 9.17) is 4.74 Å². The number of aliphatic hydroxyl groups excluding tert-OH is 2. The van der Waals surface area contributed by atoms with Crippen molar-refractivity contribution in [3.8, 4) is 0 Å². The van der Waals surface area contributed by atoms with Crippen LogP contribution in [0.15, 0.2) is 79.0 Å². The Morgan fingerprint density at radius 2 is 1.90 bits per heavy atom. The maximum Gasteiger partial charge on any atom is 0.269 e. The number of halogens is 1. The van der Waals surface area contributed by atoms with Gasteiger partial charge in [-0.05, 0) is 55.8 Å². The Bertz CT molecular complexity index is 1940. The van der Waals surface area contributed by atoms with Crippen LogP contribution in [0.4, 0.5) is 21.2 Å². The number of hydrogen-bond acceptors (Lipinski definition) is 9. The Labute approximate surface area is 295 Å². The van der Waals surface area contributed by atoms with Crippen molar-refractivity contribution < 1.29 is 33.6 Å². The number of fused-ring (bicyclic) bond motifs is 2. The summed E-state index contributed by atoms with van der Waals surface area (Å²) in [5, 5.41) is 42.9. The topological polar surface area (TPSA) is 173 Å². The number of hydrogen-bond donors (Lipinski definition) is 3. The van der Waals surface area contributed by atoms with Crippen molar-refractivity contribution >= 4 is 37.3 Å². The molecule has 1 unspecified atom stereocenters. The highest BCUT2D eigenvalue weighted by Gasteiger charge is 2.66. The summed E-state index contributed by atoms with van der Waals surface area (Å²) < 4.78 is 24.8. The summed E-state index contributed by atoms with van der Waals surface area (Å²) in [6.07, 6.45) is 0.0860. The molecule has 2 aliphatic heterocycles. The average Bonchev–Trinajstić information content (AvgIpc) is 3.74. The summed E-state index contributed by atoms with van der Waals surface area (Å²) in [7, 11) is -3.53.